The van der Waals surface area contributed by atoms with Crippen molar-refractivity contribution in [1.82, 2.24) is 4.90 Å². The molecular weight excluding hydrogens is 384 g/mol. The van der Waals surface area contributed by atoms with E-state index in [0.717, 1.165) is 23.1 Å². The highest BCUT2D eigenvalue weighted by atomic mass is 19.1. The summed E-state index contributed by atoms with van der Waals surface area (Å²) in [7, 11) is 0. The number of nitrogens with zero attached hydrogens (tertiary/aromatic N) is 1. The second-order valence-corrected chi connectivity index (χ2v) is 6.55. The molecule has 1 heterocycles. The van der Waals surface area contributed by atoms with Gasteiger partial charge in [-0.2, -0.15) is 0 Å². The Morgan fingerprint density at radius 1 is 1.00 bits per heavy atom. The molecule has 1 aliphatic rings. The second kappa shape index (κ2) is 8.22. The lowest BCUT2D eigenvalue weighted by Gasteiger charge is -2.25. The van der Waals surface area contributed by atoms with Gasteiger partial charge in [-0.15, -0.1) is 0 Å². The number of carbonyl (C=O) groups excluding carboxylic acids is 2. The van der Waals surface area contributed by atoms with Crippen LogP contribution in [0.3, 0.4) is 0 Å². The van der Waals surface area contributed by atoms with Gasteiger partial charge in [0.05, 0.1) is 11.6 Å². The summed E-state index contributed by atoms with van der Waals surface area (Å²) in [5.74, 6) is -4.61. The van der Waals surface area contributed by atoms with Crippen molar-refractivity contribution in [3.63, 3.8) is 0 Å². The minimum atomic E-state index is -1.09. The van der Waals surface area contributed by atoms with Crippen LogP contribution in [0.2, 0.25) is 0 Å². The van der Waals surface area contributed by atoms with Crippen LogP contribution in [0.4, 0.5) is 8.78 Å². The van der Waals surface area contributed by atoms with Crippen LogP contribution in [0.5, 0.6) is 0 Å². The van der Waals surface area contributed by atoms with Crippen LogP contribution in [0, 0.1) is 11.6 Å². The van der Waals surface area contributed by atoms with E-state index in [2.05, 4.69) is 0 Å². The minimum Gasteiger partial charge on any atom is -0.507 e. The van der Waals surface area contributed by atoms with Gasteiger partial charge in [-0.25, -0.2) is 8.78 Å². The minimum absolute atomic E-state index is 0.0712. The molecule has 2 aromatic carbocycles. The number of aliphatic hydroxyl groups is 1. The third-order valence-electron chi connectivity index (χ3n) is 4.61. The Morgan fingerprint density at radius 2 is 1.69 bits per heavy atom. The van der Waals surface area contributed by atoms with Gasteiger partial charge in [-0.3, -0.25) is 14.4 Å². The monoisotopic (exact) mass is 401 g/mol. The molecule has 0 bridgehead atoms. The van der Waals surface area contributed by atoms with Gasteiger partial charge < -0.3 is 15.1 Å². The Bertz CT molecular complexity index is 1000. The van der Waals surface area contributed by atoms with Crippen LogP contribution < -0.4 is 0 Å². The van der Waals surface area contributed by atoms with E-state index >= 15 is 0 Å². The zero-order valence-electron chi connectivity index (χ0n) is 15.1. The van der Waals surface area contributed by atoms with Crippen LogP contribution >= 0.6 is 0 Å². The van der Waals surface area contributed by atoms with E-state index in [1.807, 2.05) is 0 Å². The number of ketones is 1. The summed E-state index contributed by atoms with van der Waals surface area (Å²) in [6, 6.07) is 8.84. The number of carboxylic acid groups (broad SMARTS) is 1. The Hall–Kier alpha value is -3.55. The van der Waals surface area contributed by atoms with E-state index in [4.69, 9.17) is 5.11 Å². The molecule has 0 saturated carbocycles. The summed E-state index contributed by atoms with van der Waals surface area (Å²) in [6.07, 6.45) is -0.151. The molecule has 0 unspecified atom stereocenters. The predicted molar refractivity (Wildman–Crippen MR) is 98.7 cm³/mol. The molecule has 0 aromatic heterocycles. The van der Waals surface area contributed by atoms with Gasteiger partial charge in [0.2, 0.25) is 0 Å². The first kappa shape index (κ1) is 20.2. The fourth-order valence-corrected chi connectivity index (χ4v) is 3.30. The summed E-state index contributed by atoms with van der Waals surface area (Å²) < 4.78 is 27.0. The van der Waals surface area contributed by atoms with E-state index in [0.29, 0.717) is 0 Å². The average molecular weight is 401 g/mol. The van der Waals surface area contributed by atoms with Crippen molar-refractivity contribution < 1.29 is 33.4 Å². The Morgan fingerprint density at radius 3 is 2.31 bits per heavy atom. The molecule has 1 aliphatic heterocycles. The Labute approximate surface area is 164 Å². The largest absolute Gasteiger partial charge is 0.507 e. The maximum Gasteiger partial charge on any atom is 0.303 e. The van der Waals surface area contributed by atoms with Gasteiger partial charge in [0.25, 0.3) is 11.7 Å². The van der Waals surface area contributed by atoms with Gasteiger partial charge in [-0.1, -0.05) is 12.1 Å². The number of Topliss-reactive ketones (excluding diaryl/α,β-unsaturated/α-hetero) is 1. The molecule has 0 radical (unpaired) electrons. The second-order valence-electron chi connectivity index (χ2n) is 6.55. The Kier molecular flexibility index (Phi) is 5.72. The number of aliphatic carboxylic acids is 1. The van der Waals surface area contributed by atoms with Crippen LogP contribution in [0.25, 0.3) is 5.76 Å². The van der Waals surface area contributed by atoms with Crippen LogP contribution in [0.1, 0.15) is 30.0 Å². The van der Waals surface area contributed by atoms with E-state index in [1.165, 1.54) is 30.3 Å². The van der Waals surface area contributed by atoms with Crippen molar-refractivity contribution >= 4 is 23.4 Å². The first-order valence-electron chi connectivity index (χ1n) is 8.81. The molecule has 1 amide bonds. The number of benzene rings is 2. The number of aliphatic hydroxyl groups excluding tert-OH is 1. The summed E-state index contributed by atoms with van der Waals surface area (Å²) in [5.41, 5.74) is 0.113. The smallest absolute Gasteiger partial charge is 0.303 e. The van der Waals surface area contributed by atoms with Crippen LogP contribution in [0.15, 0.2) is 54.1 Å². The highest BCUT2D eigenvalue weighted by Crippen LogP contribution is 2.39. The third-order valence-corrected chi connectivity index (χ3v) is 4.61. The first-order chi connectivity index (χ1) is 13.8. The molecule has 1 fully saturated rings. The summed E-state index contributed by atoms with van der Waals surface area (Å²) in [5, 5.41) is 19.5. The average Bonchev–Trinajstić information content (AvgIpc) is 2.93. The van der Waals surface area contributed by atoms with Crippen molar-refractivity contribution in [2.24, 2.45) is 0 Å². The van der Waals surface area contributed by atoms with E-state index in [9.17, 15) is 28.3 Å². The molecule has 150 valence electrons. The van der Waals surface area contributed by atoms with E-state index < -0.39 is 41.1 Å². The number of hydrogen-bond acceptors (Lipinski definition) is 4. The van der Waals surface area contributed by atoms with Crippen molar-refractivity contribution in [3.05, 3.63) is 76.9 Å². The van der Waals surface area contributed by atoms with E-state index in [-0.39, 0.29) is 36.1 Å². The maximum absolute atomic E-state index is 13.8. The summed E-state index contributed by atoms with van der Waals surface area (Å²) in [4.78, 5) is 37.2. The molecule has 2 N–H and O–H groups in total. The molecule has 8 heteroatoms. The third kappa shape index (κ3) is 4.16. The molecule has 1 atom stereocenters. The van der Waals surface area contributed by atoms with Gasteiger partial charge in [-0.05, 0) is 48.4 Å². The summed E-state index contributed by atoms with van der Waals surface area (Å²) >= 11 is 0. The van der Waals surface area contributed by atoms with Gasteiger partial charge in [0.1, 0.15) is 17.4 Å². The molecule has 6 nitrogen and oxygen atoms in total. The quantitative estimate of drug-likeness (QED) is 0.440. The number of halogens is 2. The molecule has 0 aliphatic carbocycles. The van der Waals surface area contributed by atoms with Crippen LogP contribution in [-0.2, 0) is 14.4 Å². The lowest BCUT2D eigenvalue weighted by Crippen LogP contribution is -2.31. The molecular formula is C21H17F2NO5. The lowest BCUT2D eigenvalue weighted by atomic mass is 9.95. The number of rotatable bonds is 6. The number of likely N-dealkylation sites (tertiary alicyclic amines) is 1. The highest BCUT2D eigenvalue weighted by Gasteiger charge is 2.45. The standard InChI is InChI=1S/C21H17F2NO5/c22-14-8-6-12(7-9-14)19(27)17-18(13-3-1-4-15(23)11-13)24(21(29)20(17)28)10-2-5-16(25)26/h1,3-4,6-9,11,18,27H,2,5,10H2,(H,25,26)/t18-/m1/s1. The number of carbonyl (C=O) groups is 3. The van der Waals surface area contributed by atoms with Gasteiger partial charge in [0, 0.05) is 18.5 Å². The molecule has 3 rings (SSSR count). The zero-order chi connectivity index (χ0) is 21.1. The van der Waals surface area contributed by atoms with Crippen LogP contribution in [-0.4, -0.2) is 39.3 Å². The fraction of sp³-hybridized carbons (Fsp3) is 0.190. The lowest BCUT2D eigenvalue weighted by molar-refractivity contribution is -0.140. The van der Waals surface area contributed by atoms with Crippen molar-refractivity contribution in [1.29, 1.82) is 0 Å². The molecule has 0 spiro atoms. The van der Waals surface area contributed by atoms with Gasteiger partial charge >= 0.3 is 5.97 Å². The zero-order valence-corrected chi connectivity index (χ0v) is 15.1. The SMILES string of the molecule is O=C(O)CCCN1C(=O)C(=O)C(=C(O)c2ccc(F)cc2)[C@H]1c1cccc(F)c1. The number of hydrogen-bond donors (Lipinski definition) is 2. The molecule has 2 aromatic rings. The maximum atomic E-state index is 13.8. The highest BCUT2D eigenvalue weighted by molar-refractivity contribution is 6.46. The van der Waals surface area contributed by atoms with E-state index in [1.54, 1.807) is 0 Å². The first-order valence-corrected chi connectivity index (χ1v) is 8.81. The number of carboxylic acids is 1. The number of amides is 1. The topological polar surface area (TPSA) is 94.9 Å². The van der Waals surface area contributed by atoms with Crippen molar-refractivity contribution in [3.8, 4) is 0 Å². The molecule has 29 heavy (non-hydrogen) atoms. The van der Waals surface area contributed by atoms with Crippen molar-refractivity contribution in [2.75, 3.05) is 6.54 Å². The summed E-state index contributed by atoms with van der Waals surface area (Å²) in [6.45, 7) is -0.0712. The van der Waals surface area contributed by atoms with Gasteiger partial charge in [0.15, 0.2) is 0 Å². The fourth-order valence-electron chi connectivity index (χ4n) is 3.30. The Balaban J connectivity index is 2.10. The van der Waals surface area contributed by atoms with Crippen molar-refractivity contribution in [2.45, 2.75) is 18.9 Å². The predicted octanol–water partition coefficient (Wildman–Crippen LogP) is 3.25. The molecule has 1 saturated heterocycles. The normalized spacial score (nSPS) is 18.3.